The average Bonchev–Trinajstić information content (AvgIpc) is 2.46. The molecule has 0 aromatic carbocycles. The molecule has 2 aromatic heterocycles. The Balaban J connectivity index is 0.000000845. The molecule has 0 atom stereocenters. The minimum atomic E-state index is 0. The molecule has 2 aromatic rings. The fraction of sp³-hybridized carbons (Fsp3) is 0.222. The van der Waals surface area contributed by atoms with Gasteiger partial charge in [0.25, 0.3) is 0 Å². The summed E-state index contributed by atoms with van der Waals surface area (Å²) in [6.07, 6.45) is 3.94. The van der Waals surface area contributed by atoms with E-state index in [-0.39, 0.29) is 12.4 Å². The maximum Gasteiger partial charge on any atom is 0.137 e. The van der Waals surface area contributed by atoms with Crippen LogP contribution in [0.25, 0.3) is 5.65 Å². The zero-order valence-electron chi connectivity index (χ0n) is 7.20. The zero-order valence-corrected chi connectivity index (χ0v) is 8.77. The molecule has 0 bridgehead atoms. The van der Waals surface area contributed by atoms with Crippen molar-refractivity contribution in [3.63, 3.8) is 0 Å². The van der Waals surface area contributed by atoms with Gasteiger partial charge in [-0.15, -0.1) is 24.0 Å². The number of fused-ring (bicyclic) bond motifs is 1. The second kappa shape index (κ2) is 3.99. The van der Waals surface area contributed by atoms with Crippen LogP contribution in [-0.2, 0) is 5.88 Å². The molecule has 13 heavy (non-hydrogen) atoms. The van der Waals surface area contributed by atoms with Gasteiger partial charge in [0.1, 0.15) is 5.65 Å². The predicted molar refractivity (Wildman–Crippen MR) is 56.7 cm³/mol. The van der Waals surface area contributed by atoms with Crippen LogP contribution in [-0.4, -0.2) is 9.38 Å². The lowest BCUT2D eigenvalue weighted by atomic mass is 10.3. The van der Waals surface area contributed by atoms with E-state index in [1.807, 2.05) is 28.9 Å². The molecule has 4 heteroatoms. The molecule has 2 heterocycles. The van der Waals surface area contributed by atoms with Gasteiger partial charge in [-0.25, -0.2) is 4.98 Å². The molecule has 0 fully saturated rings. The number of nitrogens with zero attached hydrogens (tertiary/aromatic N) is 2. The minimum absolute atomic E-state index is 0. The lowest BCUT2D eigenvalue weighted by Crippen LogP contribution is -1.81. The number of aromatic nitrogens is 2. The Morgan fingerprint density at radius 2 is 2.31 bits per heavy atom. The van der Waals surface area contributed by atoms with Crippen molar-refractivity contribution >= 4 is 29.7 Å². The molecule has 0 N–H and O–H groups in total. The highest BCUT2D eigenvalue weighted by atomic mass is 35.5. The number of hydrogen-bond acceptors (Lipinski definition) is 1. The highest BCUT2D eigenvalue weighted by Gasteiger charge is 1.98. The summed E-state index contributed by atoms with van der Waals surface area (Å²) in [6, 6.07) is 4.09. The molecule has 0 aliphatic heterocycles. The third-order valence-corrected chi connectivity index (χ3v) is 2.08. The van der Waals surface area contributed by atoms with Crippen LogP contribution in [0.5, 0.6) is 0 Å². The van der Waals surface area contributed by atoms with E-state index in [1.165, 1.54) is 5.56 Å². The Morgan fingerprint density at radius 3 is 3.00 bits per heavy atom. The zero-order chi connectivity index (χ0) is 8.55. The molecule has 0 saturated carbocycles. The molecule has 0 saturated heterocycles. The van der Waals surface area contributed by atoms with E-state index in [1.54, 1.807) is 0 Å². The lowest BCUT2D eigenvalue weighted by Gasteiger charge is -1.92. The van der Waals surface area contributed by atoms with Gasteiger partial charge in [-0.1, -0.05) is 0 Å². The molecule has 0 amide bonds. The molecule has 0 unspecified atom stereocenters. The van der Waals surface area contributed by atoms with Gasteiger partial charge in [-0.05, 0) is 24.6 Å². The van der Waals surface area contributed by atoms with Crippen molar-refractivity contribution in [3.05, 3.63) is 35.8 Å². The molecule has 2 nitrogen and oxygen atoms in total. The second-order valence-electron chi connectivity index (χ2n) is 2.84. The van der Waals surface area contributed by atoms with Crippen molar-refractivity contribution < 1.29 is 0 Å². The molecular weight excluding hydrogens is 207 g/mol. The third-order valence-electron chi connectivity index (χ3n) is 1.80. The summed E-state index contributed by atoms with van der Waals surface area (Å²) in [5.74, 6) is 0.473. The van der Waals surface area contributed by atoms with E-state index >= 15 is 0 Å². The van der Waals surface area contributed by atoms with E-state index in [0.29, 0.717) is 5.88 Å². The first-order valence-corrected chi connectivity index (χ1v) is 4.33. The molecule has 0 spiro atoms. The number of hydrogen-bond donors (Lipinski definition) is 0. The maximum atomic E-state index is 5.66. The van der Waals surface area contributed by atoms with E-state index in [0.717, 1.165) is 11.3 Å². The number of rotatable bonds is 1. The van der Waals surface area contributed by atoms with Gasteiger partial charge in [0.2, 0.25) is 0 Å². The average molecular weight is 217 g/mol. The standard InChI is InChI=1S/C9H9ClN2.ClH/c1-7-2-3-12-6-8(5-10)11-9(12)4-7;/h2-4,6H,5H2,1H3;1H. The molecule has 0 aliphatic carbocycles. The topological polar surface area (TPSA) is 17.3 Å². The smallest absolute Gasteiger partial charge is 0.137 e. The first kappa shape index (κ1) is 10.4. The molecular formula is C9H10Cl2N2. The third kappa shape index (κ3) is 1.95. The van der Waals surface area contributed by atoms with Crippen molar-refractivity contribution in [2.75, 3.05) is 0 Å². The largest absolute Gasteiger partial charge is 0.307 e. The maximum absolute atomic E-state index is 5.66. The van der Waals surface area contributed by atoms with Crippen molar-refractivity contribution in [3.8, 4) is 0 Å². The van der Waals surface area contributed by atoms with Crippen LogP contribution in [0.2, 0.25) is 0 Å². The second-order valence-corrected chi connectivity index (χ2v) is 3.10. The van der Waals surface area contributed by atoms with Crippen LogP contribution in [0.4, 0.5) is 0 Å². The number of halogens is 2. The van der Waals surface area contributed by atoms with Crippen molar-refractivity contribution in [2.45, 2.75) is 12.8 Å². The number of alkyl halides is 1. The summed E-state index contributed by atoms with van der Waals surface area (Å²) >= 11 is 5.66. The lowest BCUT2D eigenvalue weighted by molar-refractivity contribution is 1.17. The van der Waals surface area contributed by atoms with Crippen LogP contribution in [0, 0.1) is 6.92 Å². The minimum Gasteiger partial charge on any atom is -0.307 e. The first-order chi connectivity index (χ1) is 5.79. The van der Waals surface area contributed by atoms with Gasteiger partial charge in [0.05, 0.1) is 11.6 Å². The van der Waals surface area contributed by atoms with Gasteiger partial charge in [0, 0.05) is 12.4 Å². The van der Waals surface area contributed by atoms with E-state index < -0.39 is 0 Å². The summed E-state index contributed by atoms with van der Waals surface area (Å²) in [4.78, 5) is 4.32. The van der Waals surface area contributed by atoms with Crippen LogP contribution in [0.3, 0.4) is 0 Å². The first-order valence-electron chi connectivity index (χ1n) is 3.80. The fourth-order valence-corrected chi connectivity index (χ4v) is 1.33. The Hall–Kier alpha value is -0.730. The molecule has 2 rings (SSSR count). The van der Waals surface area contributed by atoms with Gasteiger partial charge in [-0.2, -0.15) is 0 Å². The fourth-order valence-electron chi connectivity index (χ4n) is 1.20. The van der Waals surface area contributed by atoms with Gasteiger partial charge < -0.3 is 4.40 Å². The van der Waals surface area contributed by atoms with Gasteiger partial charge >= 0.3 is 0 Å². The van der Waals surface area contributed by atoms with E-state index in [9.17, 15) is 0 Å². The highest BCUT2D eigenvalue weighted by molar-refractivity contribution is 6.16. The number of aryl methyl sites for hydroxylation is 1. The van der Waals surface area contributed by atoms with Gasteiger partial charge in [-0.3, -0.25) is 0 Å². The normalized spacial score (nSPS) is 10.0. The number of pyridine rings is 1. The summed E-state index contributed by atoms with van der Waals surface area (Å²) in [5.41, 5.74) is 3.10. The van der Waals surface area contributed by atoms with Crippen LogP contribution in [0.1, 0.15) is 11.3 Å². The Labute approximate surface area is 88.0 Å². The molecule has 0 radical (unpaired) electrons. The number of imidazole rings is 1. The summed E-state index contributed by atoms with van der Waals surface area (Å²) in [5, 5.41) is 0. The summed E-state index contributed by atoms with van der Waals surface area (Å²) in [6.45, 7) is 2.05. The van der Waals surface area contributed by atoms with Crippen LogP contribution in [0.15, 0.2) is 24.5 Å². The van der Waals surface area contributed by atoms with E-state index in [2.05, 4.69) is 11.9 Å². The summed E-state index contributed by atoms with van der Waals surface area (Å²) in [7, 11) is 0. The highest BCUT2D eigenvalue weighted by Crippen LogP contribution is 2.08. The molecule has 70 valence electrons. The van der Waals surface area contributed by atoms with Crippen LogP contribution >= 0.6 is 24.0 Å². The summed E-state index contributed by atoms with van der Waals surface area (Å²) < 4.78 is 1.98. The quantitative estimate of drug-likeness (QED) is 0.671. The van der Waals surface area contributed by atoms with Gasteiger partial charge in [0.15, 0.2) is 0 Å². The van der Waals surface area contributed by atoms with Crippen molar-refractivity contribution in [2.24, 2.45) is 0 Å². The van der Waals surface area contributed by atoms with Crippen molar-refractivity contribution in [1.29, 1.82) is 0 Å². The molecule has 0 aliphatic rings. The Bertz CT molecular complexity index is 409. The van der Waals surface area contributed by atoms with Crippen LogP contribution < -0.4 is 0 Å². The SMILES string of the molecule is Cc1ccn2cc(CCl)nc2c1.Cl. The Kier molecular flexibility index (Phi) is 3.17. The monoisotopic (exact) mass is 216 g/mol. The predicted octanol–water partition coefficient (Wildman–Crippen LogP) is 2.80. The Morgan fingerprint density at radius 1 is 1.54 bits per heavy atom. The van der Waals surface area contributed by atoms with Crippen molar-refractivity contribution in [1.82, 2.24) is 9.38 Å². The van der Waals surface area contributed by atoms with E-state index in [4.69, 9.17) is 11.6 Å².